The van der Waals surface area contributed by atoms with Gasteiger partial charge in [0.1, 0.15) is 5.51 Å². The molecule has 108 valence electrons. The van der Waals surface area contributed by atoms with Crippen molar-refractivity contribution in [3.63, 3.8) is 0 Å². The molecule has 0 aliphatic carbocycles. The van der Waals surface area contributed by atoms with Crippen molar-refractivity contribution in [2.24, 2.45) is 0 Å². The van der Waals surface area contributed by atoms with Gasteiger partial charge in [-0.2, -0.15) is 5.10 Å². The zero-order valence-electron chi connectivity index (χ0n) is 10.7. The minimum atomic E-state index is -0.251. The van der Waals surface area contributed by atoms with Crippen molar-refractivity contribution in [2.75, 3.05) is 18.4 Å². The fourth-order valence-electron chi connectivity index (χ4n) is 2.11. The van der Waals surface area contributed by atoms with Crippen molar-refractivity contribution in [1.82, 2.24) is 25.3 Å². The summed E-state index contributed by atoms with van der Waals surface area (Å²) in [6, 6.07) is 2.06. The first-order valence-corrected chi connectivity index (χ1v) is 7.04. The predicted molar refractivity (Wildman–Crippen MR) is 78.5 cm³/mol. The summed E-state index contributed by atoms with van der Waals surface area (Å²) in [6.45, 7) is 1.96. The minimum Gasteiger partial charge on any atom is -0.315 e. The van der Waals surface area contributed by atoms with Crippen molar-refractivity contribution in [2.45, 2.75) is 18.9 Å². The van der Waals surface area contributed by atoms with E-state index < -0.39 is 0 Å². The Balaban J connectivity index is 0.00000147. The highest BCUT2D eigenvalue weighted by Crippen LogP contribution is 2.16. The lowest BCUT2D eigenvalue weighted by molar-refractivity contribution is 0.102. The van der Waals surface area contributed by atoms with Gasteiger partial charge >= 0.3 is 0 Å². The van der Waals surface area contributed by atoms with Gasteiger partial charge < -0.3 is 5.32 Å². The van der Waals surface area contributed by atoms with Crippen LogP contribution in [0.2, 0.25) is 0 Å². The summed E-state index contributed by atoms with van der Waals surface area (Å²) in [5, 5.41) is 18.3. The lowest BCUT2D eigenvalue weighted by Gasteiger charge is -2.22. The van der Waals surface area contributed by atoms with Gasteiger partial charge in [0.05, 0.1) is 6.04 Å². The Morgan fingerprint density at radius 3 is 3.15 bits per heavy atom. The van der Waals surface area contributed by atoms with Crippen LogP contribution in [0.1, 0.15) is 29.4 Å². The van der Waals surface area contributed by atoms with Crippen LogP contribution in [0.15, 0.2) is 17.8 Å². The molecule has 0 saturated carbocycles. The Morgan fingerprint density at radius 1 is 1.55 bits per heavy atom. The summed E-state index contributed by atoms with van der Waals surface area (Å²) >= 11 is 1.28. The van der Waals surface area contributed by atoms with Crippen molar-refractivity contribution < 1.29 is 4.79 Å². The van der Waals surface area contributed by atoms with Crippen LogP contribution >= 0.6 is 23.7 Å². The Hall–Kier alpha value is -1.51. The molecule has 2 N–H and O–H groups in total. The van der Waals surface area contributed by atoms with Crippen LogP contribution in [0, 0.1) is 0 Å². The minimum absolute atomic E-state index is 0. The topological polar surface area (TPSA) is 84.7 Å². The van der Waals surface area contributed by atoms with E-state index in [-0.39, 0.29) is 18.3 Å². The van der Waals surface area contributed by atoms with Gasteiger partial charge in [-0.3, -0.25) is 14.8 Å². The average molecular weight is 315 g/mol. The molecule has 1 unspecified atom stereocenters. The van der Waals surface area contributed by atoms with E-state index in [2.05, 4.69) is 25.9 Å². The third kappa shape index (κ3) is 3.33. The standard InChI is InChI=1S/C11H14N6OS.ClH/c18-10(14-11-15-13-7-19-11)9-3-5-17(16-9)8-2-1-4-12-6-8;/h3,5,7-8,12H,1-2,4,6H2,(H,14,15,18);1H. The zero-order valence-corrected chi connectivity index (χ0v) is 12.3. The van der Waals surface area contributed by atoms with E-state index in [1.165, 1.54) is 11.3 Å². The van der Waals surface area contributed by atoms with E-state index >= 15 is 0 Å². The summed E-state index contributed by atoms with van der Waals surface area (Å²) in [6.07, 6.45) is 4.08. The molecular weight excluding hydrogens is 300 g/mol. The molecule has 1 fully saturated rings. The van der Waals surface area contributed by atoms with Crippen LogP contribution in [0.4, 0.5) is 5.13 Å². The van der Waals surface area contributed by atoms with Crippen LogP contribution in [0.5, 0.6) is 0 Å². The van der Waals surface area contributed by atoms with Gasteiger partial charge in [0.2, 0.25) is 5.13 Å². The molecule has 2 aromatic heterocycles. The fourth-order valence-corrected chi connectivity index (χ4v) is 2.55. The monoisotopic (exact) mass is 314 g/mol. The molecule has 1 atom stereocenters. The maximum Gasteiger partial charge on any atom is 0.277 e. The second-order valence-electron chi connectivity index (χ2n) is 4.38. The van der Waals surface area contributed by atoms with E-state index in [1.807, 2.05) is 10.9 Å². The Kier molecular flexibility index (Phi) is 5.05. The number of nitrogens with zero attached hydrogens (tertiary/aromatic N) is 4. The largest absolute Gasteiger partial charge is 0.315 e. The number of hydrogen-bond acceptors (Lipinski definition) is 6. The number of nitrogens with one attached hydrogen (secondary N) is 2. The molecule has 7 nitrogen and oxygen atoms in total. The molecule has 0 radical (unpaired) electrons. The summed E-state index contributed by atoms with van der Waals surface area (Å²) in [4.78, 5) is 11.9. The summed E-state index contributed by atoms with van der Waals surface area (Å²) in [5.74, 6) is -0.251. The molecule has 3 heterocycles. The first kappa shape index (κ1) is 14.9. The van der Waals surface area contributed by atoms with E-state index in [0.29, 0.717) is 16.9 Å². The Morgan fingerprint density at radius 2 is 2.45 bits per heavy atom. The smallest absolute Gasteiger partial charge is 0.277 e. The average Bonchev–Trinajstić information content (AvgIpc) is 3.10. The Labute approximate surface area is 126 Å². The van der Waals surface area contributed by atoms with Crippen LogP contribution in [0.3, 0.4) is 0 Å². The highest BCUT2D eigenvalue weighted by molar-refractivity contribution is 7.13. The zero-order chi connectivity index (χ0) is 13.1. The van der Waals surface area contributed by atoms with Gasteiger partial charge in [0, 0.05) is 12.7 Å². The van der Waals surface area contributed by atoms with Crippen LogP contribution in [0.25, 0.3) is 0 Å². The third-order valence-electron chi connectivity index (χ3n) is 3.07. The summed E-state index contributed by atoms with van der Waals surface area (Å²) < 4.78 is 1.86. The number of amides is 1. The van der Waals surface area contributed by atoms with Crippen molar-refractivity contribution >= 4 is 34.8 Å². The van der Waals surface area contributed by atoms with Gasteiger partial charge in [-0.05, 0) is 25.5 Å². The van der Waals surface area contributed by atoms with Gasteiger partial charge in [-0.1, -0.05) is 11.3 Å². The number of anilines is 1. The molecule has 2 aromatic rings. The van der Waals surface area contributed by atoms with E-state index in [9.17, 15) is 4.79 Å². The molecule has 1 saturated heterocycles. The van der Waals surface area contributed by atoms with Crippen LogP contribution < -0.4 is 10.6 Å². The lowest BCUT2D eigenvalue weighted by atomic mass is 10.1. The Bertz CT molecular complexity index is 551. The van der Waals surface area contributed by atoms with E-state index in [0.717, 1.165) is 25.9 Å². The van der Waals surface area contributed by atoms with Crippen LogP contribution in [-0.2, 0) is 0 Å². The van der Waals surface area contributed by atoms with Crippen molar-refractivity contribution in [3.8, 4) is 0 Å². The quantitative estimate of drug-likeness (QED) is 0.893. The lowest BCUT2D eigenvalue weighted by Crippen LogP contribution is -2.32. The summed E-state index contributed by atoms with van der Waals surface area (Å²) in [5.41, 5.74) is 1.97. The number of carbonyl (C=O) groups excluding carboxylic acids is 1. The number of piperidine rings is 1. The SMILES string of the molecule is Cl.O=C(Nc1nncs1)c1ccn(C2CCCNC2)n1. The highest BCUT2D eigenvalue weighted by Gasteiger charge is 2.18. The first-order valence-electron chi connectivity index (χ1n) is 6.16. The van der Waals surface area contributed by atoms with Crippen molar-refractivity contribution in [1.29, 1.82) is 0 Å². The molecule has 0 bridgehead atoms. The molecule has 20 heavy (non-hydrogen) atoms. The molecule has 1 amide bonds. The second kappa shape index (κ2) is 6.78. The second-order valence-corrected chi connectivity index (χ2v) is 5.21. The molecule has 3 rings (SSSR count). The van der Waals surface area contributed by atoms with Crippen LogP contribution in [-0.4, -0.2) is 39.0 Å². The molecule has 9 heteroatoms. The van der Waals surface area contributed by atoms with Gasteiger partial charge in [-0.15, -0.1) is 22.6 Å². The molecular formula is C11H15ClN6OS. The molecule has 0 aromatic carbocycles. The third-order valence-corrected chi connectivity index (χ3v) is 3.67. The maximum absolute atomic E-state index is 11.9. The highest BCUT2D eigenvalue weighted by atomic mass is 35.5. The van der Waals surface area contributed by atoms with Crippen molar-refractivity contribution in [3.05, 3.63) is 23.5 Å². The van der Waals surface area contributed by atoms with E-state index in [1.54, 1.807) is 11.6 Å². The van der Waals surface area contributed by atoms with Gasteiger partial charge in [0.15, 0.2) is 5.69 Å². The number of aromatic nitrogens is 4. The predicted octanol–water partition coefficient (Wildman–Crippen LogP) is 1.33. The number of carbonyl (C=O) groups is 1. The number of rotatable bonds is 3. The molecule has 1 aliphatic rings. The maximum atomic E-state index is 11.9. The van der Waals surface area contributed by atoms with E-state index in [4.69, 9.17) is 0 Å². The summed E-state index contributed by atoms with van der Waals surface area (Å²) in [7, 11) is 0. The van der Waals surface area contributed by atoms with Gasteiger partial charge in [0.25, 0.3) is 5.91 Å². The molecule has 0 spiro atoms. The normalized spacial score (nSPS) is 18.3. The fraction of sp³-hybridized carbons (Fsp3) is 0.455. The first-order chi connectivity index (χ1) is 9.33. The number of halogens is 1. The number of hydrogen-bond donors (Lipinski definition) is 2. The van der Waals surface area contributed by atoms with Gasteiger partial charge in [-0.25, -0.2) is 0 Å². The molecule has 1 aliphatic heterocycles.